The summed E-state index contributed by atoms with van der Waals surface area (Å²) in [7, 11) is 0. The molecule has 2 unspecified atom stereocenters. The molecule has 3 heterocycles. The number of allylic oxidation sites excluding steroid dienone is 2. The SMILES string of the molecule is CC(Cc1ccc2cc(Cl)c(N)nc2c1)C1=CC(n2ccc3c(Cl)ncnc32)CC1. The molecule has 1 aliphatic carbocycles. The van der Waals surface area contributed by atoms with Crippen molar-refractivity contribution < 1.29 is 0 Å². The van der Waals surface area contributed by atoms with Gasteiger partial charge in [0.05, 0.1) is 22.0 Å². The number of nitrogens with zero attached hydrogens (tertiary/aromatic N) is 4. The van der Waals surface area contributed by atoms with Gasteiger partial charge in [-0.2, -0.15) is 0 Å². The molecule has 0 amide bonds. The van der Waals surface area contributed by atoms with E-state index in [1.807, 2.05) is 12.1 Å². The van der Waals surface area contributed by atoms with Crippen molar-refractivity contribution in [3.8, 4) is 0 Å². The Balaban J connectivity index is 1.37. The number of nitrogen functional groups attached to an aromatic ring is 1. The molecule has 5 nitrogen and oxygen atoms in total. The minimum absolute atomic E-state index is 0.297. The molecule has 5 rings (SSSR count). The Morgan fingerprint density at radius 3 is 2.93 bits per heavy atom. The minimum Gasteiger partial charge on any atom is -0.382 e. The highest BCUT2D eigenvalue weighted by atomic mass is 35.5. The zero-order chi connectivity index (χ0) is 20.8. The molecule has 2 atom stereocenters. The van der Waals surface area contributed by atoms with Gasteiger partial charge in [0.2, 0.25) is 0 Å². The number of hydrogen-bond acceptors (Lipinski definition) is 4. The van der Waals surface area contributed by atoms with Crippen LogP contribution in [0.3, 0.4) is 0 Å². The van der Waals surface area contributed by atoms with Crippen molar-refractivity contribution in [1.29, 1.82) is 0 Å². The lowest BCUT2D eigenvalue weighted by Crippen LogP contribution is -2.03. The third kappa shape index (κ3) is 3.42. The summed E-state index contributed by atoms with van der Waals surface area (Å²) in [6, 6.07) is 10.5. The lowest BCUT2D eigenvalue weighted by Gasteiger charge is -2.13. The zero-order valence-electron chi connectivity index (χ0n) is 16.5. The Labute approximate surface area is 184 Å². The van der Waals surface area contributed by atoms with Crippen LogP contribution >= 0.6 is 23.2 Å². The van der Waals surface area contributed by atoms with Crippen molar-refractivity contribution in [2.75, 3.05) is 5.73 Å². The summed E-state index contributed by atoms with van der Waals surface area (Å²) in [5.74, 6) is 0.815. The second-order valence-electron chi connectivity index (χ2n) is 7.96. The predicted molar refractivity (Wildman–Crippen MR) is 123 cm³/mol. The minimum atomic E-state index is 0.297. The second kappa shape index (κ2) is 7.56. The van der Waals surface area contributed by atoms with Crippen molar-refractivity contribution in [3.63, 3.8) is 0 Å². The summed E-state index contributed by atoms with van der Waals surface area (Å²) in [5.41, 5.74) is 10.4. The van der Waals surface area contributed by atoms with Gasteiger partial charge in [-0.25, -0.2) is 15.0 Å². The van der Waals surface area contributed by atoms with Gasteiger partial charge in [0.15, 0.2) is 0 Å². The number of benzene rings is 1. The number of nitrogens with two attached hydrogens (primary N) is 1. The number of fused-ring (bicyclic) bond motifs is 2. The van der Waals surface area contributed by atoms with Crippen molar-refractivity contribution in [3.05, 3.63) is 70.2 Å². The molecule has 0 aliphatic heterocycles. The summed E-state index contributed by atoms with van der Waals surface area (Å²) in [6.07, 6.45) is 9.08. The molecule has 0 radical (unpaired) electrons. The van der Waals surface area contributed by atoms with Gasteiger partial charge in [-0.15, -0.1) is 0 Å². The van der Waals surface area contributed by atoms with Gasteiger partial charge in [-0.3, -0.25) is 0 Å². The Kier molecular flexibility index (Phi) is 4.88. The quantitative estimate of drug-likeness (QED) is 0.313. The van der Waals surface area contributed by atoms with E-state index in [2.05, 4.69) is 56.9 Å². The number of anilines is 1. The fourth-order valence-electron chi connectivity index (χ4n) is 4.38. The van der Waals surface area contributed by atoms with Crippen molar-refractivity contribution in [2.24, 2.45) is 5.92 Å². The molecule has 3 aromatic heterocycles. The smallest absolute Gasteiger partial charge is 0.145 e. The van der Waals surface area contributed by atoms with Gasteiger partial charge in [0, 0.05) is 11.6 Å². The maximum atomic E-state index is 6.21. The Hall–Kier alpha value is -2.63. The highest BCUT2D eigenvalue weighted by Gasteiger charge is 2.23. The van der Waals surface area contributed by atoms with E-state index in [9.17, 15) is 0 Å². The normalized spacial score (nSPS) is 17.6. The van der Waals surface area contributed by atoms with E-state index >= 15 is 0 Å². The standard InChI is InChI=1S/C23H21Cl2N5/c1-13(8-14-2-3-16-11-19(24)22(26)29-20(16)9-14)15-4-5-17(10-15)30-7-6-18-21(25)27-12-28-23(18)30/h2-3,6-7,9-13,17H,4-5,8H2,1H3,(H2,26,29). The number of aromatic nitrogens is 4. The predicted octanol–water partition coefficient (Wildman–Crippen LogP) is 6.01. The fourth-order valence-corrected chi connectivity index (χ4v) is 4.73. The van der Waals surface area contributed by atoms with E-state index in [1.54, 1.807) is 0 Å². The summed E-state index contributed by atoms with van der Waals surface area (Å²) >= 11 is 12.3. The third-order valence-corrected chi connectivity index (χ3v) is 6.59. The van der Waals surface area contributed by atoms with E-state index in [0.29, 0.717) is 28.0 Å². The molecule has 1 aromatic carbocycles. The van der Waals surface area contributed by atoms with Gasteiger partial charge < -0.3 is 10.3 Å². The molecule has 0 saturated heterocycles. The molecule has 1 aliphatic rings. The Bertz CT molecular complexity index is 1290. The van der Waals surface area contributed by atoms with Gasteiger partial charge >= 0.3 is 0 Å². The summed E-state index contributed by atoms with van der Waals surface area (Å²) < 4.78 is 2.20. The largest absolute Gasteiger partial charge is 0.382 e. The van der Waals surface area contributed by atoms with Crippen LogP contribution in [0.1, 0.15) is 31.4 Å². The summed E-state index contributed by atoms with van der Waals surface area (Å²) in [4.78, 5) is 12.9. The molecule has 0 spiro atoms. The van der Waals surface area contributed by atoms with Crippen LogP contribution in [0.15, 0.2) is 54.5 Å². The third-order valence-electron chi connectivity index (χ3n) is 5.99. The molecule has 4 aromatic rings. The molecule has 152 valence electrons. The molecule has 0 saturated carbocycles. The molecule has 0 fully saturated rings. The van der Waals surface area contributed by atoms with Crippen molar-refractivity contribution in [2.45, 2.75) is 32.2 Å². The van der Waals surface area contributed by atoms with E-state index in [1.165, 1.54) is 17.5 Å². The van der Waals surface area contributed by atoms with Crippen molar-refractivity contribution in [1.82, 2.24) is 19.5 Å². The second-order valence-corrected chi connectivity index (χ2v) is 8.73. The lowest BCUT2D eigenvalue weighted by atomic mass is 9.92. The Morgan fingerprint density at radius 1 is 1.20 bits per heavy atom. The van der Waals surface area contributed by atoms with Crippen LogP contribution in [-0.2, 0) is 6.42 Å². The van der Waals surface area contributed by atoms with Crippen LogP contribution in [0, 0.1) is 5.92 Å². The zero-order valence-corrected chi connectivity index (χ0v) is 18.0. The number of pyridine rings is 1. The Morgan fingerprint density at radius 2 is 2.07 bits per heavy atom. The molecule has 0 bridgehead atoms. The number of halogens is 2. The highest BCUT2D eigenvalue weighted by Crippen LogP contribution is 2.36. The topological polar surface area (TPSA) is 69.6 Å². The summed E-state index contributed by atoms with van der Waals surface area (Å²) in [5, 5.41) is 2.90. The first-order valence-electron chi connectivity index (χ1n) is 10.0. The van der Waals surface area contributed by atoms with Crippen LogP contribution in [0.5, 0.6) is 0 Å². The van der Waals surface area contributed by atoms with Crippen LogP contribution in [0.2, 0.25) is 10.2 Å². The van der Waals surface area contributed by atoms with Gasteiger partial charge in [0.1, 0.15) is 22.9 Å². The molecule has 2 N–H and O–H groups in total. The summed E-state index contributed by atoms with van der Waals surface area (Å²) in [6.45, 7) is 2.29. The van der Waals surface area contributed by atoms with Gasteiger partial charge in [-0.05, 0) is 48.9 Å². The van der Waals surface area contributed by atoms with E-state index in [4.69, 9.17) is 28.9 Å². The molecule has 7 heteroatoms. The van der Waals surface area contributed by atoms with E-state index in [0.717, 1.165) is 41.2 Å². The van der Waals surface area contributed by atoms with Gasteiger partial charge in [0.25, 0.3) is 0 Å². The van der Waals surface area contributed by atoms with Crippen LogP contribution in [-0.4, -0.2) is 19.5 Å². The van der Waals surface area contributed by atoms with E-state index < -0.39 is 0 Å². The highest BCUT2D eigenvalue weighted by molar-refractivity contribution is 6.34. The van der Waals surface area contributed by atoms with Crippen molar-refractivity contribution >= 4 is 51.0 Å². The van der Waals surface area contributed by atoms with Crippen LogP contribution in [0.25, 0.3) is 21.9 Å². The lowest BCUT2D eigenvalue weighted by molar-refractivity contribution is 0.595. The molecular formula is C23H21Cl2N5. The average Bonchev–Trinajstić information content (AvgIpc) is 3.37. The first kappa shape index (κ1) is 19.3. The van der Waals surface area contributed by atoms with Crippen LogP contribution in [0.4, 0.5) is 5.82 Å². The van der Waals surface area contributed by atoms with E-state index in [-0.39, 0.29) is 0 Å². The maximum absolute atomic E-state index is 6.21. The fraction of sp³-hybridized carbons (Fsp3) is 0.261. The first-order chi connectivity index (χ1) is 14.5. The maximum Gasteiger partial charge on any atom is 0.145 e. The average molecular weight is 438 g/mol. The molecule has 30 heavy (non-hydrogen) atoms. The monoisotopic (exact) mass is 437 g/mol. The number of rotatable bonds is 4. The van der Waals surface area contributed by atoms with Crippen LogP contribution < -0.4 is 5.73 Å². The van der Waals surface area contributed by atoms with Gasteiger partial charge in [-0.1, -0.05) is 53.9 Å². The molecular weight excluding hydrogens is 417 g/mol. The number of hydrogen-bond donors (Lipinski definition) is 1. The first-order valence-corrected chi connectivity index (χ1v) is 10.8.